The van der Waals surface area contributed by atoms with E-state index < -0.39 is 16.1 Å². The zero-order valence-corrected chi connectivity index (χ0v) is 16.8. The molecule has 2 rings (SSSR count). The summed E-state index contributed by atoms with van der Waals surface area (Å²) in [6.07, 6.45) is 0.834. The molecular weight excluding hydrogens is 393 g/mol. The van der Waals surface area contributed by atoms with Gasteiger partial charge in [-0.3, -0.25) is 4.79 Å². The second kappa shape index (κ2) is 8.82. The molecule has 0 bridgehead atoms. The van der Waals surface area contributed by atoms with Crippen molar-refractivity contribution in [2.24, 2.45) is 11.7 Å². The molecule has 0 aliphatic carbocycles. The Labute approximate surface area is 158 Å². The fourth-order valence-electron chi connectivity index (χ4n) is 2.42. The minimum absolute atomic E-state index is 0. The van der Waals surface area contributed by atoms with Crippen LogP contribution < -0.4 is 5.73 Å². The van der Waals surface area contributed by atoms with Crippen molar-refractivity contribution in [3.63, 3.8) is 0 Å². The molecular formula is C14H23Cl2N3O3S2. The summed E-state index contributed by atoms with van der Waals surface area (Å²) in [7, 11) is -3.53. The summed E-state index contributed by atoms with van der Waals surface area (Å²) in [6.45, 7) is 5.22. The number of rotatable bonds is 5. The summed E-state index contributed by atoms with van der Waals surface area (Å²) in [5.41, 5.74) is 5.98. The molecule has 0 saturated carbocycles. The first-order chi connectivity index (χ1) is 10.8. The maximum absolute atomic E-state index is 12.5. The van der Waals surface area contributed by atoms with E-state index >= 15 is 0 Å². The predicted octanol–water partition coefficient (Wildman–Crippen LogP) is 2.03. The minimum Gasteiger partial charge on any atom is -0.339 e. The molecule has 0 radical (unpaired) electrons. The zero-order valence-electron chi connectivity index (χ0n) is 13.6. The topological polar surface area (TPSA) is 83.7 Å². The second-order valence-electron chi connectivity index (χ2n) is 5.70. The van der Waals surface area contributed by atoms with Crippen LogP contribution in [0.4, 0.5) is 0 Å². The van der Waals surface area contributed by atoms with Gasteiger partial charge in [0.2, 0.25) is 5.91 Å². The Bertz CT molecular complexity index is 658. The Morgan fingerprint density at radius 3 is 2.38 bits per heavy atom. The van der Waals surface area contributed by atoms with Crippen LogP contribution >= 0.6 is 35.3 Å². The first-order valence-corrected chi connectivity index (χ1v) is 10.2. The molecule has 0 spiro atoms. The van der Waals surface area contributed by atoms with E-state index in [1.165, 1.54) is 10.4 Å². The van der Waals surface area contributed by atoms with Gasteiger partial charge in [-0.25, -0.2) is 8.42 Å². The molecule has 6 nitrogen and oxygen atoms in total. The third-order valence-corrected chi connectivity index (χ3v) is 7.83. The lowest BCUT2D eigenvalue weighted by atomic mass is 9.99. The number of hydrogen-bond donors (Lipinski definition) is 1. The average molecular weight is 416 g/mol. The monoisotopic (exact) mass is 415 g/mol. The van der Waals surface area contributed by atoms with E-state index in [4.69, 9.17) is 17.3 Å². The number of nitrogens with two attached hydrogens (primary N) is 1. The highest BCUT2D eigenvalue weighted by molar-refractivity contribution is 7.91. The van der Waals surface area contributed by atoms with Gasteiger partial charge in [0.1, 0.15) is 4.21 Å². The molecule has 24 heavy (non-hydrogen) atoms. The van der Waals surface area contributed by atoms with Crippen LogP contribution in [0.25, 0.3) is 0 Å². The van der Waals surface area contributed by atoms with Gasteiger partial charge in [-0.2, -0.15) is 4.31 Å². The van der Waals surface area contributed by atoms with Crippen LogP contribution in [0.5, 0.6) is 0 Å². The first kappa shape index (κ1) is 21.7. The number of hydrogen-bond acceptors (Lipinski definition) is 5. The van der Waals surface area contributed by atoms with Crippen LogP contribution in [-0.4, -0.2) is 55.8 Å². The average Bonchev–Trinajstić information content (AvgIpc) is 3.00. The maximum Gasteiger partial charge on any atom is 0.252 e. The molecule has 1 fully saturated rings. The van der Waals surface area contributed by atoms with Gasteiger partial charge in [0.15, 0.2) is 0 Å². The molecule has 1 amide bonds. The number of piperazine rings is 1. The highest BCUT2D eigenvalue weighted by Crippen LogP contribution is 2.28. The first-order valence-electron chi connectivity index (χ1n) is 7.57. The number of nitrogens with zero attached hydrogens (tertiary/aromatic N) is 2. The van der Waals surface area contributed by atoms with E-state index in [1.807, 2.05) is 13.8 Å². The standard InChI is InChI=1S/C14H22ClN3O3S2.ClH/c1-3-10(2)13(16)14(19)17-6-8-18(9-7-17)23(20,21)12-5-4-11(15)22-12;/h4-5,10,13H,3,6-9,16H2,1-2H3;1H. The molecule has 1 aliphatic rings. The normalized spacial score (nSPS) is 18.8. The maximum atomic E-state index is 12.5. The minimum atomic E-state index is -3.53. The Morgan fingerprint density at radius 1 is 1.33 bits per heavy atom. The van der Waals surface area contributed by atoms with E-state index in [0.29, 0.717) is 17.4 Å². The second-order valence-corrected chi connectivity index (χ2v) is 9.58. The summed E-state index contributed by atoms with van der Waals surface area (Å²) in [6, 6.07) is 2.56. The summed E-state index contributed by atoms with van der Waals surface area (Å²) < 4.78 is 27.1. The smallest absolute Gasteiger partial charge is 0.252 e. The molecule has 138 valence electrons. The van der Waals surface area contributed by atoms with Crippen molar-refractivity contribution in [3.05, 3.63) is 16.5 Å². The van der Waals surface area contributed by atoms with Gasteiger partial charge in [0, 0.05) is 26.2 Å². The number of amides is 1. The van der Waals surface area contributed by atoms with Crippen LogP contribution in [0, 0.1) is 5.92 Å². The molecule has 1 aromatic rings. The van der Waals surface area contributed by atoms with Crippen LogP contribution in [0.3, 0.4) is 0 Å². The SMILES string of the molecule is CCC(C)C(N)C(=O)N1CCN(S(=O)(=O)c2ccc(Cl)s2)CC1.Cl. The van der Waals surface area contributed by atoms with E-state index in [9.17, 15) is 13.2 Å². The number of carbonyl (C=O) groups excluding carboxylic acids is 1. The van der Waals surface area contributed by atoms with Crippen molar-refractivity contribution in [3.8, 4) is 0 Å². The van der Waals surface area contributed by atoms with Crippen molar-refractivity contribution < 1.29 is 13.2 Å². The van der Waals surface area contributed by atoms with E-state index in [-0.39, 0.29) is 41.5 Å². The molecule has 0 aromatic carbocycles. The lowest BCUT2D eigenvalue weighted by Crippen LogP contribution is -2.55. The summed E-state index contributed by atoms with van der Waals surface area (Å²) in [5, 5.41) is 0. The third-order valence-electron chi connectivity index (χ3n) is 4.24. The van der Waals surface area contributed by atoms with Crippen LogP contribution in [0.1, 0.15) is 20.3 Å². The van der Waals surface area contributed by atoms with Gasteiger partial charge in [-0.05, 0) is 18.1 Å². The van der Waals surface area contributed by atoms with Crippen molar-refractivity contribution in [1.29, 1.82) is 0 Å². The number of thiophene rings is 1. The number of sulfonamides is 1. The summed E-state index contributed by atoms with van der Waals surface area (Å²) in [5.74, 6) is 0.00749. The molecule has 2 atom stereocenters. The number of halogens is 2. The molecule has 2 heterocycles. The summed E-state index contributed by atoms with van der Waals surface area (Å²) in [4.78, 5) is 14.0. The van der Waals surface area contributed by atoms with Gasteiger partial charge in [0.05, 0.1) is 10.4 Å². The molecule has 2 N–H and O–H groups in total. The van der Waals surface area contributed by atoms with Crippen LogP contribution in [-0.2, 0) is 14.8 Å². The zero-order chi connectivity index (χ0) is 17.2. The molecule has 1 saturated heterocycles. The Balaban J connectivity index is 0.00000288. The van der Waals surface area contributed by atoms with Crippen molar-refractivity contribution in [2.75, 3.05) is 26.2 Å². The lowest BCUT2D eigenvalue weighted by molar-refractivity contribution is -0.134. The van der Waals surface area contributed by atoms with Crippen molar-refractivity contribution >= 4 is 51.3 Å². The van der Waals surface area contributed by atoms with Gasteiger partial charge in [-0.1, -0.05) is 31.9 Å². The number of carbonyl (C=O) groups is 1. The molecule has 1 aromatic heterocycles. The Morgan fingerprint density at radius 2 is 1.92 bits per heavy atom. The Kier molecular flexibility index (Phi) is 7.96. The van der Waals surface area contributed by atoms with Crippen molar-refractivity contribution in [1.82, 2.24) is 9.21 Å². The highest BCUT2D eigenvalue weighted by atomic mass is 35.5. The van der Waals surface area contributed by atoms with Crippen LogP contribution in [0.2, 0.25) is 4.34 Å². The fraction of sp³-hybridized carbons (Fsp3) is 0.643. The summed E-state index contributed by atoms with van der Waals surface area (Å²) >= 11 is 6.86. The molecule has 2 unspecified atom stereocenters. The van der Waals surface area contributed by atoms with Crippen molar-refractivity contribution in [2.45, 2.75) is 30.5 Å². The fourth-order valence-corrected chi connectivity index (χ4v) is 5.48. The van der Waals surface area contributed by atoms with E-state index in [0.717, 1.165) is 17.8 Å². The largest absolute Gasteiger partial charge is 0.339 e. The van der Waals surface area contributed by atoms with Gasteiger partial charge >= 0.3 is 0 Å². The van der Waals surface area contributed by atoms with E-state index in [1.54, 1.807) is 11.0 Å². The third kappa shape index (κ3) is 4.62. The quantitative estimate of drug-likeness (QED) is 0.796. The molecule has 1 aliphatic heterocycles. The van der Waals surface area contributed by atoms with Gasteiger partial charge in [0.25, 0.3) is 10.0 Å². The Hall–Kier alpha value is -0.380. The predicted molar refractivity (Wildman–Crippen MR) is 99.3 cm³/mol. The lowest BCUT2D eigenvalue weighted by Gasteiger charge is -2.35. The molecule has 10 heteroatoms. The van der Waals surface area contributed by atoms with E-state index in [2.05, 4.69) is 0 Å². The highest BCUT2D eigenvalue weighted by Gasteiger charge is 2.33. The van der Waals surface area contributed by atoms with Gasteiger partial charge < -0.3 is 10.6 Å². The van der Waals surface area contributed by atoms with Crippen LogP contribution in [0.15, 0.2) is 16.3 Å². The van der Waals surface area contributed by atoms with Gasteiger partial charge in [-0.15, -0.1) is 23.7 Å².